The Morgan fingerprint density at radius 1 is 1.15 bits per heavy atom. The predicted octanol–water partition coefficient (Wildman–Crippen LogP) is 2.54. The quantitative estimate of drug-likeness (QED) is 0.761. The number of pyridine rings is 1. The van der Waals surface area contributed by atoms with Crippen LogP contribution < -0.4 is 5.32 Å². The standard InChI is InChI=1S/C16H15N3O/c20-16(12-5-8-17-9-6-12)18-10-7-14-11-13-3-1-2-4-15(13)19-14/h1-6,8-9,11,19H,7,10H2,(H,18,20). The summed E-state index contributed by atoms with van der Waals surface area (Å²) in [6.45, 7) is 0.605. The van der Waals surface area contributed by atoms with Crippen molar-refractivity contribution in [2.45, 2.75) is 6.42 Å². The van der Waals surface area contributed by atoms with Gasteiger partial charge in [-0.3, -0.25) is 9.78 Å². The summed E-state index contributed by atoms with van der Waals surface area (Å²) in [7, 11) is 0. The maximum Gasteiger partial charge on any atom is 0.251 e. The van der Waals surface area contributed by atoms with Crippen LogP contribution >= 0.6 is 0 Å². The smallest absolute Gasteiger partial charge is 0.251 e. The average Bonchev–Trinajstić information content (AvgIpc) is 2.90. The second-order valence-corrected chi connectivity index (χ2v) is 4.62. The van der Waals surface area contributed by atoms with E-state index in [1.807, 2.05) is 18.2 Å². The first kappa shape index (κ1) is 12.4. The number of amides is 1. The van der Waals surface area contributed by atoms with Crippen molar-refractivity contribution in [1.29, 1.82) is 0 Å². The van der Waals surface area contributed by atoms with Gasteiger partial charge in [-0.1, -0.05) is 18.2 Å². The topological polar surface area (TPSA) is 57.8 Å². The van der Waals surface area contributed by atoms with Crippen LogP contribution in [0.2, 0.25) is 0 Å². The summed E-state index contributed by atoms with van der Waals surface area (Å²) in [4.78, 5) is 19.1. The summed E-state index contributed by atoms with van der Waals surface area (Å²) < 4.78 is 0. The third-order valence-electron chi connectivity index (χ3n) is 3.21. The van der Waals surface area contributed by atoms with Crippen molar-refractivity contribution in [2.75, 3.05) is 6.54 Å². The lowest BCUT2D eigenvalue weighted by Gasteiger charge is -2.03. The van der Waals surface area contributed by atoms with E-state index in [4.69, 9.17) is 0 Å². The van der Waals surface area contributed by atoms with E-state index < -0.39 is 0 Å². The maximum atomic E-state index is 11.9. The summed E-state index contributed by atoms with van der Waals surface area (Å²) in [5, 5.41) is 4.10. The molecule has 4 nitrogen and oxygen atoms in total. The Balaban J connectivity index is 1.58. The van der Waals surface area contributed by atoms with Gasteiger partial charge in [0, 0.05) is 42.1 Å². The zero-order chi connectivity index (χ0) is 13.8. The number of para-hydroxylation sites is 1. The van der Waals surface area contributed by atoms with Crippen LogP contribution in [-0.4, -0.2) is 22.4 Å². The first-order chi connectivity index (χ1) is 9.83. The highest BCUT2D eigenvalue weighted by Gasteiger charge is 2.04. The lowest BCUT2D eigenvalue weighted by atomic mass is 10.2. The van der Waals surface area contributed by atoms with Crippen LogP contribution in [0.3, 0.4) is 0 Å². The van der Waals surface area contributed by atoms with E-state index in [1.165, 1.54) is 5.39 Å². The largest absolute Gasteiger partial charge is 0.358 e. The molecule has 1 amide bonds. The Labute approximate surface area is 116 Å². The van der Waals surface area contributed by atoms with E-state index in [0.29, 0.717) is 12.1 Å². The number of nitrogens with one attached hydrogen (secondary N) is 2. The summed E-state index contributed by atoms with van der Waals surface area (Å²) >= 11 is 0. The predicted molar refractivity (Wildman–Crippen MR) is 78.6 cm³/mol. The number of hydrogen-bond donors (Lipinski definition) is 2. The lowest BCUT2D eigenvalue weighted by molar-refractivity contribution is 0.0954. The van der Waals surface area contributed by atoms with Gasteiger partial charge < -0.3 is 10.3 Å². The molecule has 2 aromatic heterocycles. The van der Waals surface area contributed by atoms with Crippen LogP contribution in [-0.2, 0) is 6.42 Å². The van der Waals surface area contributed by atoms with Crippen LogP contribution in [0.1, 0.15) is 16.1 Å². The van der Waals surface area contributed by atoms with E-state index in [1.54, 1.807) is 24.5 Å². The molecule has 2 heterocycles. The molecule has 100 valence electrons. The van der Waals surface area contributed by atoms with Gasteiger partial charge in [0.25, 0.3) is 5.91 Å². The molecule has 4 heteroatoms. The molecule has 0 aliphatic carbocycles. The highest BCUT2D eigenvalue weighted by molar-refractivity contribution is 5.93. The van der Waals surface area contributed by atoms with Crippen LogP contribution in [0, 0.1) is 0 Å². The number of carbonyl (C=O) groups excluding carboxylic acids is 1. The van der Waals surface area contributed by atoms with E-state index in [-0.39, 0.29) is 5.91 Å². The Hall–Kier alpha value is -2.62. The van der Waals surface area contributed by atoms with Crippen molar-refractivity contribution in [3.05, 3.63) is 66.1 Å². The fraction of sp³-hybridized carbons (Fsp3) is 0.125. The van der Waals surface area contributed by atoms with E-state index in [9.17, 15) is 4.79 Å². The van der Waals surface area contributed by atoms with Gasteiger partial charge in [-0.25, -0.2) is 0 Å². The number of hydrogen-bond acceptors (Lipinski definition) is 2. The van der Waals surface area contributed by atoms with E-state index in [0.717, 1.165) is 17.6 Å². The Kier molecular flexibility index (Phi) is 3.46. The van der Waals surface area contributed by atoms with Gasteiger partial charge in [0.1, 0.15) is 0 Å². The molecule has 0 atom stereocenters. The molecule has 3 rings (SSSR count). The van der Waals surface area contributed by atoms with Crippen molar-refractivity contribution in [1.82, 2.24) is 15.3 Å². The van der Waals surface area contributed by atoms with Crippen molar-refractivity contribution < 1.29 is 4.79 Å². The number of rotatable bonds is 4. The molecular formula is C16H15N3O. The average molecular weight is 265 g/mol. The SMILES string of the molecule is O=C(NCCc1cc2ccccc2[nH]1)c1ccncc1. The van der Waals surface area contributed by atoms with Gasteiger partial charge in [-0.2, -0.15) is 0 Å². The molecule has 0 fully saturated rings. The normalized spacial score (nSPS) is 10.6. The molecule has 2 N–H and O–H groups in total. The van der Waals surface area contributed by atoms with Crippen LogP contribution in [0.4, 0.5) is 0 Å². The number of fused-ring (bicyclic) bond motifs is 1. The molecule has 1 aromatic carbocycles. The molecule has 0 spiro atoms. The fourth-order valence-electron chi connectivity index (χ4n) is 2.18. The zero-order valence-corrected chi connectivity index (χ0v) is 11.0. The number of H-pyrrole nitrogens is 1. The minimum Gasteiger partial charge on any atom is -0.358 e. The molecule has 0 bridgehead atoms. The maximum absolute atomic E-state index is 11.9. The summed E-state index contributed by atoms with van der Waals surface area (Å²) in [5.74, 6) is -0.0662. The third-order valence-corrected chi connectivity index (χ3v) is 3.21. The number of nitrogens with zero attached hydrogens (tertiary/aromatic N) is 1. The van der Waals surface area contributed by atoms with Crippen molar-refractivity contribution >= 4 is 16.8 Å². The summed E-state index contributed by atoms with van der Waals surface area (Å²) in [6.07, 6.45) is 4.02. The molecule has 3 aromatic rings. The molecule has 20 heavy (non-hydrogen) atoms. The van der Waals surface area contributed by atoms with Gasteiger partial charge in [0.05, 0.1) is 0 Å². The summed E-state index contributed by atoms with van der Waals surface area (Å²) in [6, 6.07) is 13.7. The second-order valence-electron chi connectivity index (χ2n) is 4.62. The Bertz CT molecular complexity index is 686. The Morgan fingerprint density at radius 3 is 2.75 bits per heavy atom. The first-order valence-corrected chi connectivity index (χ1v) is 6.58. The molecule has 0 aliphatic heterocycles. The van der Waals surface area contributed by atoms with Crippen LogP contribution in [0.5, 0.6) is 0 Å². The number of aromatic amines is 1. The van der Waals surface area contributed by atoms with Crippen LogP contribution in [0.15, 0.2) is 54.9 Å². The van der Waals surface area contributed by atoms with Gasteiger partial charge in [-0.15, -0.1) is 0 Å². The van der Waals surface area contributed by atoms with Gasteiger partial charge >= 0.3 is 0 Å². The number of benzene rings is 1. The minimum absolute atomic E-state index is 0.0662. The van der Waals surface area contributed by atoms with E-state index in [2.05, 4.69) is 27.4 Å². The second kappa shape index (κ2) is 5.57. The van der Waals surface area contributed by atoms with Gasteiger partial charge in [0.15, 0.2) is 0 Å². The molecular weight excluding hydrogens is 250 g/mol. The molecule has 0 saturated carbocycles. The van der Waals surface area contributed by atoms with Gasteiger partial charge in [0.2, 0.25) is 0 Å². The third kappa shape index (κ3) is 2.69. The lowest BCUT2D eigenvalue weighted by Crippen LogP contribution is -2.25. The molecule has 0 radical (unpaired) electrons. The summed E-state index contributed by atoms with van der Waals surface area (Å²) in [5.41, 5.74) is 2.89. The monoisotopic (exact) mass is 265 g/mol. The fourth-order valence-corrected chi connectivity index (χ4v) is 2.18. The van der Waals surface area contributed by atoms with Crippen molar-refractivity contribution in [3.63, 3.8) is 0 Å². The van der Waals surface area contributed by atoms with Crippen LogP contribution in [0.25, 0.3) is 10.9 Å². The molecule has 0 aliphatic rings. The molecule has 0 saturated heterocycles. The van der Waals surface area contributed by atoms with Gasteiger partial charge in [-0.05, 0) is 29.7 Å². The number of carbonyl (C=O) groups is 1. The van der Waals surface area contributed by atoms with Crippen molar-refractivity contribution in [2.24, 2.45) is 0 Å². The van der Waals surface area contributed by atoms with E-state index >= 15 is 0 Å². The van der Waals surface area contributed by atoms with Crippen molar-refractivity contribution in [3.8, 4) is 0 Å². The minimum atomic E-state index is -0.0662. The number of aromatic nitrogens is 2. The Morgan fingerprint density at radius 2 is 1.95 bits per heavy atom. The first-order valence-electron chi connectivity index (χ1n) is 6.58. The highest BCUT2D eigenvalue weighted by Crippen LogP contribution is 2.14. The zero-order valence-electron chi connectivity index (χ0n) is 11.0. The molecule has 0 unspecified atom stereocenters. The highest BCUT2D eigenvalue weighted by atomic mass is 16.1.